The maximum Gasteiger partial charge on any atom is 0.126 e. The van der Waals surface area contributed by atoms with E-state index in [0.29, 0.717) is 35.6 Å². The summed E-state index contributed by atoms with van der Waals surface area (Å²) in [7, 11) is 0. The molecule has 0 aromatic heterocycles. The van der Waals surface area contributed by atoms with Crippen LogP contribution in [0.3, 0.4) is 0 Å². The molecule has 612 valence electrons. The van der Waals surface area contributed by atoms with Gasteiger partial charge in [-0.25, -0.2) is 4.39 Å². The summed E-state index contributed by atoms with van der Waals surface area (Å²) in [5, 5.41) is 2.67. The molecule has 13 rings (SSSR count). The second-order valence-corrected chi connectivity index (χ2v) is 36.3. The molecule has 0 N–H and O–H groups in total. The third kappa shape index (κ3) is 45.2. The molecule has 0 atom stereocenters. The summed E-state index contributed by atoms with van der Waals surface area (Å²) in [5.74, 6) is 8.45. The van der Waals surface area contributed by atoms with E-state index in [4.69, 9.17) is 4.74 Å². The van der Waals surface area contributed by atoms with Crippen LogP contribution >= 0.6 is 0 Å². The Bertz CT molecular complexity index is 3170. The number of morpholine rings is 1. The van der Waals surface area contributed by atoms with Crippen LogP contribution in [0, 0.1) is 68.5 Å². The molecular weight excluding hydrogens is 1330 g/mol. The number of likely N-dealkylation sites (tertiary alicyclic amines) is 2. The molecule has 3 heterocycles. The highest BCUT2D eigenvalue weighted by Gasteiger charge is 2.39. The van der Waals surface area contributed by atoms with Gasteiger partial charge in [-0.2, -0.15) is 0 Å². The van der Waals surface area contributed by atoms with Gasteiger partial charge in [-0.15, -0.1) is 0 Å². The predicted octanol–water partition coefficient (Wildman–Crippen LogP) is 30.4. The number of benzene rings is 7. The summed E-state index contributed by atoms with van der Waals surface area (Å²) >= 11 is 0. The largest absolute Gasteiger partial charge is 0.379 e. The predicted molar refractivity (Wildman–Crippen MR) is 486 cm³/mol. The van der Waals surface area contributed by atoms with Crippen molar-refractivity contribution in [3.8, 4) is 0 Å². The third-order valence-electron chi connectivity index (χ3n) is 22.3. The Morgan fingerprint density at radius 1 is 0.367 bits per heavy atom. The van der Waals surface area contributed by atoms with E-state index in [1.807, 2.05) is 26.0 Å². The van der Waals surface area contributed by atoms with Crippen molar-refractivity contribution in [3.05, 3.63) is 225 Å². The molecular formula is C104H168FN3O. The number of nitrogens with zero attached hydrogens (tertiary/aromatic N) is 3. The van der Waals surface area contributed by atoms with E-state index in [1.54, 1.807) is 6.07 Å². The van der Waals surface area contributed by atoms with Gasteiger partial charge in [-0.3, -0.25) is 4.90 Å². The lowest BCUT2D eigenvalue weighted by atomic mass is 9.95. The smallest absolute Gasteiger partial charge is 0.126 e. The number of fused-ring (bicyclic) bond motifs is 1. The van der Waals surface area contributed by atoms with Crippen molar-refractivity contribution in [1.82, 2.24) is 14.7 Å². The minimum absolute atomic E-state index is 0.0995. The first-order valence-corrected chi connectivity index (χ1v) is 43.7. The van der Waals surface area contributed by atoms with Crippen LogP contribution in [0.4, 0.5) is 4.39 Å². The Kier molecular flexibility index (Phi) is 50.4. The van der Waals surface area contributed by atoms with Crippen molar-refractivity contribution in [2.45, 2.75) is 331 Å². The van der Waals surface area contributed by atoms with E-state index in [9.17, 15) is 4.39 Å². The quantitative estimate of drug-likeness (QED) is 0.115. The van der Waals surface area contributed by atoms with Crippen molar-refractivity contribution in [3.63, 3.8) is 0 Å². The van der Waals surface area contributed by atoms with Gasteiger partial charge in [0.1, 0.15) is 5.82 Å². The van der Waals surface area contributed by atoms with Crippen LogP contribution in [0.5, 0.6) is 0 Å². The fourth-order valence-electron chi connectivity index (χ4n) is 13.2. The minimum atomic E-state index is -0.0995. The SMILES string of the molecule is CC(C)C1(C)CC1.CC(C)C1CC1.CC(C)CC1CC1.CC(C)N1CCCC1.CC(C)N1CCCCC1.CC(C)N1CCOCC1.CC(C)c1ccc2ccccc2c1.CC(C)c1ccccc1F.Cc1ccc(C(C)C)cc1.Cc1ccc(C(C)C)cc1.Cc1ccccc1C(C)C.Cc1ccccc1C(C)C. The second kappa shape index (κ2) is 55.1. The molecule has 109 heavy (non-hydrogen) atoms. The number of aryl methyl sites for hydroxylation is 4. The van der Waals surface area contributed by atoms with Crippen LogP contribution in [0.15, 0.2) is 164 Å². The minimum Gasteiger partial charge on any atom is -0.379 e. The molecule has 4 nitrogen and oxygen atoms in total. The molecule has 3 aliphatic carbocycles. The summed E-state index contributed by atoms with van der Waals surface area (Å²) < 4.78 is 18.0. The number of ether oxygens (including phenoxy) is 1. The first-order chi connectivity index (χ1) is 51.5. The molecule has 0 amide bonds. The van der Waals surface area contributed by atoms with Gasteiger partial charge in [0.15, 0.2) is 0 Å². The van der Waals surface area contributed by atoms with Gasteiger partial charge in [0, 0.05) is 31.2 Å². The Hall–Kier alpha value is -5.43. The molecule has 3 aliphatic heterocycles. The highest BCUT2D eigenvalue weighted by Crippen LogP contribution is 2.51. The molecule has 3 saturated heterocycles. The molecule has 0 radical (unpaired) electrons. The van der Waals surface area contributed by atoms with Crippen LogP contribution in [0.1, 0.15) is 341 Å². The maximum atomic E-state index is 12.8. The third-order valence-corrected chi connectivity index (χ3v) is 22.3. The van der Waals surface area contributed by atoms with Crippen LogP contribution in [-0.2, 0) is 4.74 Å². The van der Waals surface area contributed by atoms with Crippen LogP contribution in [0.25, 0.3) is 10.8 Å². The van der Waals surface area contributed by atoms with Gasteiger partial charge >= 0.3 is 0 Å². The van der Waals surface area contributed by atoms with E-state index in [1.165, 1.54) is 170 Å². The average molecular weight is 1500 g/mol. The summed E-state index contributed by atoms with van der Waals surface area (Å²) in [6.45, 7) is 73.9. The van der Waals surface area contributed by atoms with E-state index in [2.05, 4.69) is 341 Å². The molecule has 3 saturated carbocycles. The molecule has 6 fully saturated rings. The summed E-state index contributed by atoms with van der Waals surface area (Å²) in [4.78, 5) is 7.52. The lowest BCUT2D eigenvalue weighted by molar-refractivity contribution is 0.0238. The van der Waals surface area contributed by atoms with Crippen LogP contribution in [0.2, 0.25) is 0 Å². The van der Waals surface area contributed by atoms with Gasteiger partial charge in [0.05, 0.1) is 13.2 Å². The van der Waals surface area contributed by atoms with Gasteiger partial charge in [-0.1, -0.05) is 320 Å². The molecule has 0 spiro atoms. The summed E-state index contributed by atoms with van der Waals surface area (Å²) in [5.41, 5.74) is 14.2. The summed E-state index contributed by atoms with van der Waals surface area (Å²) in [6, 6.07) is 58.8. The Morgan fingerprint density at radius 2 is 0.716 bits per heavy atom. The van der Waals surface area contributed by atoms with Crippen molar-refractivity contribution in [1.29, 1.82) is 0 Å². The van der Waals surface area contributed by atoms with Crippen molar-refractivity contribution >= 4 is 10.8 Å². The lowest BCUT2D eigenvalue weighted by Crippen LogP contribution is -2.40. The zero-order valence-electron chi connectivity index (χ0n) is 75.9. The highest BCUT2D eigenvalue weighted by molar-refractivity contribution is 5.83. The average Bonchev–Trinajstić information content (AvgIpc) is 1.69. The Balaban J connectivity index is 0.000000405. The molecule has 0 unspecified atom stereocenters. The highest BCUT2D eigenvalue weighted by atomic mass is 19.1. The zero-order valence-corrected chi connectivity index (χ0v) is 75.9. The van der Waals surface area contributed by atoms with E-state index in [0.717, 1.165) is 79.0 Å². The monoisotopic (exact) mass is 1490 g/mol. The van der Waals surface area contributed by atoms with E-state index in [-0.39, 0.29) is 11.7 Å². The van der Waals surface area contributed by atoms with E-state index >= 15 is 0 Å². The van der Waals surface area contributed by atoms with Gasteiger partial charge in [0.25, 0.3) is 0 Å². The van der Waals surface area contributed by atoms with Crippen molar-refractivity contribution < 1.29 is 9.13 Å². The molecule has 5 heteroatoms. The fourth-order valence-corrected chi connectivity index (χ4v) is 13.2. The fraction of sp³-hybridized carbons (Fsp3) is 0.615. The van der Waals surface area contributed by atoms with Gasteiger partial charge in [-0.05, 0) is 285 Å². The lowest BCUT2D eigenvalue weighted by Gasteiger charge is -2.29. The standard InChI is InChI=1S/C13H14.4C10H14.C9H11F.C8H17N.C7H15NO.C7H15N.2C7H14.C6H12/c1-10(2)12-8-7-11-5-3-4-6-13(11)9-12;2*1-8(2)10-6-4-9(3)5-7-10;2*1-8(2)10-7-5-4-6-9(10)3;1-7(2)8-5-3-4-6-9(8)10;1-8(2)9-6-4-3-5-7-9;1-7(2)8-3-5-9-6-4-8;1-7(2)8-5-3-4-6-8;1-6(2)7(3)4-5-7;1-6(2)5-7-3-4-7;1-5(2)6-3-4-6/h3-10H,1-2H3;4*4-8H,1-3H3;3-7H,1-2H3;8H,3-7H2,1-2H3;7H,3-6H2,1-2H3;7H,3-6H2,1-2H3;6H,4-5H2,1-3H3;6-7H,3-5H2,1-2H3;5-6H,3-4H2,1-2H3. The van der Waals surface area contributed by atoms with E-state index < -0.39 is 0 Å². The number of halogens is 1. The molecule has 6 aliphatic rings. The molecule has 7 aromatic carbocycles. The van der Waals surface area contributed by atoms with Crippen LogP contribution in [-0.4, -0.2) is 85.3 Å². The van der Waals surface area contributed by atoms with Crippen LogP contribution < -0.4 is 0 Å². The number of hydrogen-bond donors (Lipinski definition) is 0. The Morgan fingerprint density at radius 3 is 0.972 bits per heavy atom. The zero-order chi connectivity index (χ0) is 81.8. The maximum absolute atomic E-state index is 12.8. The van der Waals surface area contributed by atoms with Crippen molar-refractivity contribution in [2.24, 2.45) is 35.0 Å². The normalized spacial score (nSPS) is 15.8. The van der Waals surface area contributed by atoms with Crippen molar-refractivity contribution in [2.75, 3.05) is 52.5 Å². The van der Waals surface area contributed by atoms with Gasteiger partial charge < -0.3 is 14.5 Å². The molecule has 0 bridgehead atoms. The second-order valence-electron chi connectivity index (χ2n) is 36.3. The Labute approximate surface area is 674 Å². The number of piperidine rings is 1. The summed E-state index contributed by atoms with van der Waals surface area (Å²) in [6.07, 6.45) is 17.5. The molecule has 7 aromatic rings. The first-order valence-electron chi connectivity index (χ1n) is 43.7. The number of hydrogen-bond acceptors (Lipinski definition) is 4. The topological polar surface area (TPSA) is 19.0 Å². The van der Waals surface area contributed by atoms with Gasteiger partial charge in [0.2, 0.25) is 0 Å². The first kappa shape index (κ1) is 99.6. The number of rotatable bonds is 13.